The Kier molecular flexibility index (Phi) is 7.74. The molecule has 0 saturated carbocycles. The molecule has 0 spiro atoms. The van der Waals surface area contributed by atoms with E-state index in [1.807, 2.05) is 55.5 Å². The van der Waals surface area contributed by atoms with Crippen LogP contribution in [-0.2, 0) is 40.2 Å². The highest BCUT2D eigenvalue weighted by molar-refractivity contribution is 5.94. The molecular formula is C31H35N5O5. The zero-order chi connectivity index (χ0) is 28.3. The Labute approximate surface area is 239 Å². The number of hydrogen-bond acceptors (Lipinski definition) is 6. The molecule has 2 aliphatic heterocycles. The molecule has 3 aromatic rings. The number of hydrogen-bond donors (Lipinski definition) is 2. The molecule has 1 aromatic heterocycles. The second-order valence-electron chi connectivity index (χ2n) is 10.9. The summed E-state index contributed by atoms with van der Waals surface area (Å²) in [4.78, 5) is 43.2. The van der Waals surface area contributed by atoms with Crippen molar-refractivity contribution in [3.63, 3.8) is 0 Å². The Balaban J connectivity index is 1.25. The summed E-state index contributed by atoms with van der Waals surface area (Å²) in [6.07, 6.45) is 3.18. The first kappa shape index (κ1) is 27.0. The van der Waals surface area contributed by atoms with Gasteiger partial charge in [-0.05, 0) is 68.0 Å². The fourth-order valence-corrected chi connectivity index (χ4v) is 5.94. The highest BCUT2D eigenvalue weighted by atomic mass is 16.5. The molecule has 1 fully saturated rings. The number of benzene rings is 2. The summed E-state index contributed by atoms with van der Waals surface area (Å²) in [5, 5.41) is 10.4. The third kappa shape index (κ3) is 5.97. The van der Waals surface area contributed by atoms with Crippen molar-refractivity contribution in [2.24, 2.45) is 0 Å². The number of nitrogens with one attached hydrogen (secondary N) is 2. The highest BCUT2D eigenvalue weighted by Gasteiger charge is 2.36. The molecule has 3 amide bonds. The Morgan fingerprint density at radius 3 is 2.66 bits per heavy atom. The monoisotopic (exact) mass is 557 g/mol. The Morgan fingerprint density at radius 2 is 1.85 bits per heavy atom. The van der Waals surface area contributed by atoms with Crippen molar-refractivity contribution in [3.8, 4) is 11.5 Å². The minimum Gasteiger partial charge on any atom is -0.457 e. The number of carbonyl (C=O) groups is 3. The normalized spacial score (nSPS) is 21.4. The van der Waals surface area contributed by atoms with E-state index >= 15 is 0 Å². The van der Waals surface area contributed by atoms with Gasteiger partial charge >= 0.3 is 0 Å². The Bertz CT molecular complexity index is 1450. The van der Waals surface area contributed by atoms with Crippen molar-refractivity contribution in [1.82, 2.24) is 25.3 Å². The molecule has 0 radical (unpaired) electrons. The van der Waals surface area contributed by atoms with Crippen LogP contribution < -0.4 is 10.1 Å². The summed E-state index contributed by atoms with van der Waals surface area (Å²) < 4.78 is 12.5. The maximum Gasteiger partial charge on any atom is 0.274 e. The SMILES string of the molecule is CCN1CC(=O)N[C@H]2CN(C(=O)c3n[nH]c4c3CCC4)CC[C@@H]2OCc2cccc(c2)Oc2cccc(c2)CC1=O. The summed E-state index contributed by atoms with van der Waals surface area (Å²) in [6.45, 7) is 3.30. The minimum atomic E-state index is -0.439. The van der Waals surface area contributed by atoms with Crippen molar-refractivity contribution < 1.29 is 23.9 Å². The quantitative estimate of drug-likeness (QED) is 0.501. The van der Waals surface area contributed by atoms with Crippen molar-refractivity contribution in [2.75, 3.05) is 26.2 Å². The molecule has 1 aliphatic carbocycles. The molecule has 2 aromatic carbocycles. The second kappa shape index (κ2) is 11.7. The Hall–Kier alpha value is -4.18. The molecule has 2 N–H and O–H groups in total. The van der Waals surface area contributed by atoms with E-state index in [2.05, 4.69) is 15.5 Å². The fourth-order valence-electron chi connectivity index (χ4n) is 5.94. The van der Waals surface area contributed by atoms with Crippen LogP contribution in [0.3, 0.4) is 0 Å². The number of carbonyl (C=O) groups excluding carboxylic acids is 3. The number of aromatic nitrogens is 2. The van der Waals surface area contributed by atoms with Gasteiger partial charge in [0.2, 0.25) is 11.8 Å². The van der Waals surface area contributed by atoms with E-state index < -0.39 is 6.04 Å². The van der Waals surface area contributed by atoms with Gasteiger partial charge in [-0.25, -0.2) is 0 Å². The topological polar surface area (TPSA) is 117 Å². The lowest BCUT2D eigenvalue weighted by Crippen LogP contribution is -2.58. The van der Waals surface area contributed by atoms with Crippen LogP contribution in [0.2, 0.25) is 0 Å². The van der Waals surface area contributed by atoms with Gasteiger partial charge in [0.1, 0.15) is 11.5 Å². The van der Waals surface area contributed by atoms with Crippen molar-refractivity contribution in [1.29, 1.82) is 0 Å². The molecule has 41 heavy (non-hydrogen) atoms. The lowest BCUT2D eigenvalue weighted by molar-refractivity contribution is -0.136. The van der Waals surface area contributed by atoms with Crippen LogP contribution in [0, 0.1) is 0 Å². The number of aryl methyl sites for hydroxylation is 1. The third-order valence-corrected chi connectivity index (χ3v) is 8.11. The third-order valence-electron chi connectivity index (χ3n) is 8.11. The molecule has 1 saturated heterocycles. The number of aromatic amines is 1. The summed E-state index contributed by atoms with van der Waals surface area (Å²) in [7, 11) is 0. The van der Waals surface area contributed by atoms with Crippen LogP contribution in [0.5, 0.6) is 11.5 Å². The summed E-state index contributed by atoms with van der Waals surface area (Å²) in [5.41, 5.74) is 4.28. The average molecular weight is 558 g/mol. The minimum absolute atomic E-state index is 0.0731. The maximum absolute atomic E-state index is 13.5. The molecule has 10 heteroatoms. The van der Waals surface area contributed by atoms with E-state index in [0.717, 1.165) is 41.6 Å². The number of likely N-dealkylation sites (N-methyl/N-ethyl adjacent to an activating group) is 1. The number of piperidine rings is 1. The van der Waals surface area contributed by atoms with Crippen LogP contribution >= 0.6 is 0 Å². The van der Waals surface area contributed by atoms with Gasteiger partial charge in [0.05, 0.1) is 31.7 Å². The number of fused-ring (bicyclic) bond motifs is 6. The first-order valence-electron chi connectivity index (χ1n) is 14.4. The lowest BCUT2D eigenvalue weighted by atomic mass is 10.0. The molecule has 10 nitrogen and oxygen atoms in total. The molecule has 4 bridgehead atoms. The van der Waals surface area contributed by atoms with Gasteiger partial charge in [0, 0.05) is 30.9 Å². The van der Waals surface area contributed by atoms with Crippen LogP contribution in [-0.4, -0.2) is 76.0 Å². The van der Waals surface area contributed by atoms with E-state index in [0.29, 0.717) is 49.9 Å². The molecule has 3 aliphatic rings. The second-order valence-corrected chi connectivity index (χ2v) is 10.9. The largest absolute Gasteiger partial charge is 0.457 e. The maximum atomic E-state index is 13.5. The van der Waals surface area contributed by atoms with Crippen LogP contribution in [0.15, 0.2) is 48.5 Å². The summed E-state index contributed by atoms with van der Waals surface area (Å²) in [5.74, 6) is 0.755. The van der Waals surface area contributed by atoms with E-state index in [1.165, 1.54) is 0 Å². The zero-order valence-electron chi connectivity index (χ0n) is 23.2. The lowest BCUT2D eigenvalue weighted by Gasteiger charge is -2.39. The van der Waals surface area contributed by atoms with Crippen LogP contribution in [0.1, 0.15) is 52.6 Å². The predicted octanol–water partition coefficient (Wildman–Crippen LogP) is 3.01. The summed E-state index contributed by atoms with van der Waals surface area (Å²) >= 11 is 0. The molecule has 6 rings (SSSR count). The van der Waals surface area contributed by atoms with E-state index in [1.54, 1.807) is 9.80 Å². The van der Waals surface area contributed by atoms with Crippen molar-refractivity contribution in [3.05, 3.63) is 76.6 Å². The smallest absolute Gasteiger partial charge is 0.274 e. The first-order valence-corrected chi connectivity index (χ1v) is 14.4. The average Bonchev–Trinajstić information content (AvgIpc) is 3.59. The van der Waals surface area contributed by atoms with Gasteiger partial charge in [0.25, 0.3) is 5.91 Å². The van der Waals surface area contributed by atoms with Gasteiger partial charge in [0.15, 0.2) is 5.69 Å². The van der Waals surface area contributed by atoms with Gasteiger partial charge in [-0.3, -0.25) is 19.5 Å². The number of amides is 3. The van der Waals surface area contributed by atoms with Gasteiger partial charge in [-0.2, -0.15) is 5.10 Å². The first-order chi connectivity index (χ1) is 20.0. The number of rotatable bonds is 2. The van der Waals surface area contributed by atoms with E-state index in [9.17, 15) is 14.4 Å². The number of nitrogens with zero attached hydrogens (tertiary/aromatic N) is 3. The Morgan fingerprint density at radius 1 is 1.07 bits per heavy atom. The van der Waals surface area contributed by atoms with Crippen molar-refractivity contribution >= 4 is 17.7 Å². The molecule has 0 unspecified atom stereocenters. The fraction of sp³-hybridized carbons (Fsp3) is 0.419. The number of ether oxygens (including phenoxy) is 2. The highest BCUT2D eigenvalue weighted by Crippen LogP contribution is 2.27. The molecule has 2 atom stereocenters. The molecule has 3 heterocycles. The van der Waals surface area contributed by atoms with Gasteiger partial charge in [-0.1, -0.05) is 24.3 Å². The molecule has 214 valence electrons. The predicted molar refractivity (Wildman–Crippen MR) is 151 cm³/mol. The zero-order valence-corrected chi connectivity index (χ0v) is 23.2. The summed E-state index contributed by atoms with van der Waals surface area (Å²) in [6, 6.07) is 14.7. The molecular weight excluding hydrogens is 522 g/mol. The number of likely N-dealkylation sites (tertiary alicyclic amines) is 1. The van der Waals surface area contributed by atoms with Gasteiger partial charge in [-0.15, -0.1) is 0 Å². The van der Waals surface area contributed by atoms with Crippen molar-refractivity contribution in [2.45, 2.75) is 57.8 Å². The standard InChI is InChI=1S/C31H35N5O5/c1-2-35-18-28(37)32-26-17-36(31(39)30-24-10-5-11-25(24)33-34-30)13-12-27(26)40-19-21-7-4-9-23(15-21)41-22-8-3-6-20(14-22)16-29(35)38/h3-4,6-9,14-15,26-27H,2,5,10-13,16-19H2,1H3,(H,32,37)(H,33,34)/t26-,27-/m0/s1. The van der Waals surface area contributed by atoms with E-state index in [4.69, 9.17) is 9.47 Å². The van der Waals surface area contributed by atoms with Crippen LogP contribution in [0.25, 0.3) is 0 Å². The van der Waals surface area contributed by atoms with Gasteiger partial charge < -0.3 is 24.6 Å². The number of H-pyrrole nitrogens is 1. The van der Waals surface area contributed by atoms with E-state index in [-0.39, 0.29) is 36.8 Å². The van der Waals surface area contributed by atoms with Crippen LogP contribution in [0.4, 0.5) is 0 Å².